The first-order valence-corrected chi connectivity index (χ1v) is 18.4. The van der Waals surface area contributed by atoms with Crippen molar-refractivity contribution in [3.05, 3.63) is 83.2 Å². The number of nitrogens with one attached hydrogen (secondary N) is 1. The molecule has 256 valence electrons. The molecule has 0 spiro atoms. The van der Waals surface area contributed by atoms with Crippen molar-refractivity contribution in [3.8, 4) is 0 Å². The number of hydrogen-bond donors (Lipinski definition) is 1. The normalized spacial score (nSPS) is 28.4. The molecule has 2 aromatic rings. The van der Waals surface area contributed by atoms with Crippen LogP contribution in [0.1, 0.15) is 75.0 Å². The van der Waals surface area contributed by atoms with E-state index in [4.69, 9.17) is 4.74 Å². The maximum atomic E-state index is 14.3. The summed E-state index contributed by atoms with van der Waals surface area (Å²) in [6.07, 6.45) is 6.69. The zero-order valence-electron chi connectivity index (χ0n) is 27.1. The molecule has 6 rings (SSSR count). The Morgan fingerprint density at radius 1 is 1.04 bits per heavy atom. The third kappa shape index (κ3) is 7.33. The highest BCUT2D eigenvalue weighted by Gasteiger charge is 2.61. The van der Waals surface area contributed by atoms with Crippen molar-refractivity contribution in [2.24, 2.45) is 17.3 Å². The largest absolute Gasteiger partial charge is 0.444 e. The number of Topliss-reactive ketones (excluding diaryl/α,β-unsaturated/α-hetero) is 1. The van der Waals surface area contributed by atoms with Crippen LogP contribution in [0.3, 0.4) is 0 Å². The predicted molar refractivity (Wildman–Crippen MR) is 175 cm³/mol. The summed E-state index contributed by atoms with van der Waals surface area (Å²) in [5.41, 5.74) is 0.402. The highest BCUT2D eigenvalue weighted by Crippen LogP contribution is 2.57. The van der Waals surface area contributed by atoms with Crippen LogP contribution in [-0.4, -0.2) is 60.6 Å². The Labute approximate surface area is 280 Å². The number of allylic oxidation sites excluding steroid dienone is 2. The van der Waals surface area contributed by atoms with Crippen molar-refractivity contribution < 1.29 is 36.7 Å². The van der Waals surface area contributed by atoms with Gasteiger partial charge in [-0.1, -0.05) is 74.4 Å². The number of ether oxygens (including phenoxy) is 1. The highest BCUT2D eigenvalue weighted by molar-refractivity contribution is 7.89. The lowest BCUT2D eigenvalue weighted by Crippen LogP contribution is -2.45. The fourth-order valence-electron chi connectivity index (χ4n) is 7.35. The Kier molecular flexibility index (Phi) is 9.74. The third-order valence-corrected chi connectivity index (χ3v) is 11.4. The summed E-state index contributed by atoms with van der Waals surface area (Å²) in [6.45, 7) is 2.12. The van der Waals surface area contributed by atoms with Gasteiger partial charge in [0.1, 0.15) is 11.9 Å². The van der Waals surface area contributed by atoms with Crippen LogP contribution in [0.5, 0.6) is 0 Å². The van der Waals surface area contributed by atoms with Crippen LogP contribution in [-0.2, 0) is 48.0 Å². The van der Waals surface area contributed by atoms with Crippen LogP contribution in [0.2, 0.25) is 0 Å². The summed E-state index contributed by atoms with van der Waals surface area (Å²) in [4.78, 5) is 57.7. The molecule has 2 aromatic carbocycles. The molecule has 4 aliphatic rings. The number of ketones is 1. The quantitative estimate of drug-likeness (QED) is 0.440. The SMILES string of the molecule is C[C@H]1CCCCC/C=C\[C@H]2C[C@@]2(C(=O)NS(=O)(=O)Cc2ccccc2)CC(=O)[C@@H]2C[C@@H](OC(=O)N3Cc4cccc(F)c4C3)CN2C1=O. The van der Waals surface area contributed by atoms with Crippen molar-refractivity contribution in [1.82, 2.24) is 14.5 Å². The van der Waals surface area contributed by atoms with E-state index in [0.29, 0.717) is 29.5 Å². The third-order valence-electron chi connectivity index (χ3n) is 10.2. The van der Waals surface area contributed by atoms with E-state index in [0.717, 1.165) is 25.7 Å². The molecule has 3 aliphatic heterocycles. The Hall–Kier alpha value is -4.06. The monoisotopic (exact) mass is 679 g/mol. The van der Waals surface area contributed by atoms with E-state index in [1.807, 2.05) is 19.1 Å². The van der Waals surface area contributed by atoms with Crippen molar-refractivity contribution in [2.75, 3.05) is 6.54 Å². The molecule has 48 heavy (non-hydrogen) atoms. The molecule has 5 atom stereocenters. The second-order valence-corrected chi connectivity index (χ2v) is 15.5. The number of rotatable bonds is 5. The zero-order chi connectivity index (χ0) is 34.1. The van der Waals surface area contributed by atoms with Crippen molar-refractivity contribution >= 4 is 33.7 Å². The number of amides is 3. The Morgan fingerprint density at radius 3 is 2.60 bits per heavy atom. The summed E-state index contributed by atoms with van der Waals surface area (Å²) in [5.74, 6) is -2.76. The first-order chi connectivity index (χ1) is 23.0. The molecule has 3 amide bonds. The number of halogens is 1. The van der Waals surface area contributed by atoms with Gasteiger partial charge in [-0.15, -0.1) is 0 Å². The van der Waals surface area contributed by atoms with Gasteiger partial charge in [0.2, 0.25) is 21.8 Å². The molecule has 1 N–H and O–H groups in total. The molecule has 0 bridgehead atoms. The zero-order valence-corrected chi connectivity index (χ0v) is 27.9. The van der Waals surface area contributed by atoms with Crippen LogP contribution >= 0.6 is 0 Å². The minimum absolute atomic E-state index is 0.0223. The van der Waals surface area contributed by atoms with E-state index in [2.05, 4.69) is 4.72 Å². The second kappa shape index (κ2) is 13.8. The smallest absolute Gasteiger partial charge is 0.410 e. The molecule has 0 unspecified atom stereocenters. The summed E-state index contributed by atoms with van der Waals surface area (Å²) >= 11 is 0. The first kappa shape index (κ1) is 33.8. The molecular weight excluding hydrogens is 637 g/mol. The second-order valence-electron chi connectivity index (χ2n) is 13.7. The number of sulfonamides is 1. The van der Waals surface area contributed by atoms with E-state index in [1.165, 1.54) is 15.9 Å². The van der Waals surface area contributed by atoms with Crippen LogP contribution in [0.15, 0.2) is 60.7 Å². The van der Waals surface area contributed by atoms with Gasteiger partial charge < -0.3 is 9.64 Å². The molecule has 0 aromatic heterocycles. The Morgan fingerprint density at radius 2 is 1.83 bits per heavy atom. The number of carbonyl (C=O) groups excluding carboxylic acids is 4. The van der Waals surface area contributed by atoms with Crippen LogP contribution < -0.4 is 4.72 Å². The van der Waals surface area contributed by atoms with Gasteiger partial charge in [-0.05, 0) is 48.8 Å². The predicted octanol–water partition coefficient (Wildman–Crippen LogP) is 5.02. The number of benzene rings is 2. The number of fused-ring (bicyclic) bond motifs is 3. The van der Waals surface area contributed by atoms with Gasteiger partial charge in [0.05, 0.1) is 30.3 Å². The summed E-state index contributed by atoms with van der Waals surface area (Å²) < 4.78 is 48.5. The molecule has 1 aliphatic carbocycles. The first-order valence-electron chi connectivity index (χ1n) is 16.8. The Bertz CT molecular complexity index is 1710. The van der Waals surface area contributed by atoms with Crippen molar-refractivity contribution in [3.63, 3.8) is 0 Å². The Balaban J connectivity index is 1.20. The van der Waals surface area contributed by atoms with E-state index in [9.17, 15) is 32.0 Å². The van der Waals surface area contributed by atoms with E-state index in [1.54, 1.807) is 42.5 Å². The summed E-state index contributed by atoms with van der Waals surface area (Å²) in [5, 5.41) is 0. The van der Waals surface area contributed by atoms with Crippen LogP contribution in [0, 0.1) is 23.1 Å². The maximum absolute atomic E-state index is 14.3. The molecule has 2 fully saturated rings. The van der Waals surface area contributed by atoms with E-state index < -0.39 is 39.6 Å². The van der Waals surface area contributed by atoms with Gasteiger partial charge in [0, 0.05) is 30.9 Å². The lowest BCUT2D eigenvalue weighted by molar-refractivity contribution is -0.141. The molecule has 10 nitrogen and oxygen atoms in total. The lowest BCUT2D eigenvalue weighted by Gasteiger charge is -2.27. The van der Waals surface area contributed by atoms with Gasteiger partial charge in [0.15, 0.2) is 5.78 Å². The molecule has 3 heterocycles. The fraction of sp³-hybridized carbons (Fsp3) is 0.500. The minimum Gasteiger partial charge on any atom is -0.444 e. The van der Waals surface area contributed by atoms with Crippen LogP contribution in [0.25, 0.3) is 0 Å². The topological polar surface area (TPSA) is 130 Å². The van der Waals surface area contributed by atoms with E-state index >= 15 is 0 Å². The summed E-state index contributed by atoms with van der Waals surface area (Å²) in [7, 11) is -4.05. The molecule has 1 saturated heterocycles. The van der Waals surface area contributed by atoms with Gasteiger partial charge >= 0.3 is 6.09 Å². The standard InChI is InChI=1S/C36H42FN3O7S/c1-24-11-6-3-2-4-9-15-27-18-36(27,34(43)38-48(45,46)23-25-12-7-5-8-13-25)19-32(41)31-17-28(21-40(31)33(24)42)47-35(44)39-20-26-14-10-16-30(37)29(26)22-39/h5,7-10,12-16,24,27-28,31H,2-4,6,11,17-23H2,1H3,(H,38,43)/b15-9-/t24-,27-,28+,31-,36+/m0/s1. The molecule has 1 saturated carbocycles. The highest BCUT2D eigenvalue weighted by atomic mass is 32.2. The lowest BCUT2D eigenvalue weighted by atomic mass is 9.91. The number of carbonyl (C=O) groups is 4. The maximum Gasteiger partial charge on any atom is 0.410 e. The number of hydrogen-bond acceptors (Lipinski definition) is 7. The summed E-state index contributed by atoms with van der Waals surface area (Å²) in [6, 6.07) is 12.3. The van der Waals surface area contributed by atoms with Gasteiger partial charge in [-0.2, -0.15) is 0 Å². The van der Waals surface area contributed by atoms with Gasteiger partial charge in [-0.25, -0.2) is 17.6 Å². The molecular formula is C36H42FN3O7S. The van der Waals surface area contributed by atoms with Crippen molar-refractivity contribution in [2.45, 2.75) is 89.3 Å². The number of nitrogens with zero attached hydrogens (tertiary/aromatic N) is 2. The van der Waals surface area contributed by atoms with Gasteiger partial charge in [0.25, 0.3) is 0 Å². The molecule has 0 radical (unpaired) electrons. The van der Waals surface area contributed by atoms with E-state index in [-0.39, 0.29) is 67.6 Å². The fourth-order valence-corrected chi connectivity index (χ4v) is 8.54. The molecule has 12 heteroatoms. The average molecular weight is 680 g/mol. The van der Waals surface area contributed by atoms with Crippen molar-refractivity contribution in [1.29, 1.82) is 0 Å². The van der Waals surface area contributed by atoms with Crippen LogP contribution in [0.4, 0.5) is 9.18 Å². The average Bonchev–Trinajstić information content (AvgIpc) is 3.34. The van der Waals surface area contributed by atoms with Gasteiger partial charge in [-0.3, -0.25) is 24.0 Å². The minimum atomic E-state index is -4.05.